The molecule has 1 aliphatic rings. The van der Waals surface area contributed by atoms with Crippen LogP contribution in [0.15, 0.2) is 0 Å². The first-order valence-electron chi connectivity index (χ1n) is 17.6. The number of rotatable bonds is 4. The lowest BCUT2D eigenvalue weighted by atomic mass is 9.60. The van der Waals surface area contributed by atoms with Crippen molar-refractivity contribution < 1.29 is 20.4 Å². The van der Waals surface area contributed by atoms with Crippen LogP contribution in [0.2, 0.25) is 0 Å². The molecule has 0 heterocycles. The van der Waals surface area contributed by atoms with Crippen LogP contribution in [-0.4, -0.2) is 46.9 Å². The molecule has 0 bridgehead atoms. The van der Waals surface area contributed by atoms with E-state index in [1.165, 1.54) is 148 Å². The minimum atomic E-state index is -0.810. The van der Waals surface area contributed by atoms with E-state index in [2.05, 4.69) is 0 Å². The second-order valence-corrected chi connectivity index (χ2v) is 13.2. The Hall–Kier alpha value is -0.160. The van der Waals surface area contributed by atoms with Crippen molar-refractivity contribution in [2.24, 2.45) is 10.8 Å². The van der Waals surface area contributed by atoms with Crippen LogP contribution in [0, 0.1) is 10.8 Å². The molecule has 0 aliphatic heterocycles. The summed E-state index contributed by atoms with van der Waals surface area (Å²) < 4.78 is 0. The van der Waals surface area contributed by atoms with Crippen LogP contribution in [0.5, 0.6) is 0 Å². The Bertz CT molecular complexity index is 457. The van der Waals surface area contributed by atoms with Crippen LogP contribution in [0.4, 0.5) is 0 Å². The topological polar surface area (TPSA) is 80.9 Å². The fraction of sp³-hybridized carbons (Fsp3) is 1.00. The third kappa shape index (κ3) is 16.2. The highest BCUT2D eigenvalue weighted by Crippen LogP contribution is 2.46. The van der Waals surface area contributed by atoms with Crippen LogP contribution in [0.1, 0.15) is 186 Å². The average molecular weight is 555 g/mol. The zero-order valence-electron chi connectivity index (χ0n) is 26.1. The quantitative estimate of drug-likeness (QED) is 0.279. The van der Waals surface area contributed by atoms with E-state index in [4.69, 9.17) is 0 Å². The zero-order chi connectivity index (χ0) is 28.3. The smallest absolute Gasteiger partial charge is 0.0516 e. The van der Waals surface area contributed by atoms with Crippen LogP contribution >= 0.6 is 0 Å². The Labute approximate surface area is 243 Å². The predicted octanol–water partition coefficient (Wildman–Crippen LogP) is 9.25. The molecule has 0 unspecified atom stereocenters. The van der Waals surface area contributed by atoms with Gasteiger partial charge in [-0.1, -0.05) is 173 Å². The van der Waals surface area contributed by atoms with Crippen molar-refractivity contribution >= 4 is 0 Å². The van der Waals surface area contributed by atoms with Crippen LogP contribution in [0.25, 0.3) is 0 Å². The van der Waals surface area contributed by atoms with Crippen LogP contribution in [0.3, 0.4) is 0 Å². The first kappa shape index (κ1) is 36.9. The lowest BCUT2D eigenvalue weighted by molar-refractivity contribution is -0.124. The molecular weight excluding hydrogens is 484 g/mol. The van der Waals surface area contributed by atoms with Crippen molar-refractivity contribution in [1.82, 2.24) is 0 Å². The monoisotopic (exact) mass is 555 g/mol. The molecule has 0 atom stereocenters. The average Bonchev–Trinajstić information content (AvgIpc) is 2.96. The van der Waals surface area contributed by atoms with Crippen LogP contribution in [-0.2, 0) is 0 Å². The lowest BCUT2D eigenvalue weighted by Crippen LogP contribution is -2.52. The summed E-state index contributed by atoms with van der Waals surface area (Å²) in [6, 6.07) is 0. The molecule has 0 aromatic carbocycles. The normalized spacial score (nSPS) is 24.3. The number of aliphatic hydroxyl groups excluding tert-OH is 4. The van der Waals surface area contributed by atoms with Gasteiger partial charge in [0.15, 0.2) is 0 Å². The van der Waals surface area contributed by atoms with Crippen molar-refractivity contribution in [1.29, 1.82) is 0 Å². The third-order valence-electron chi connectivity index (χ3n) is 10.1. The fourth-order valence-corrected chi connectivity index (χ4v) is 6.96. The summed E-state index contributed by atoms with van der Waals surface area (Å²) in [4.78, 5) is 0. The summed E-state index contributed by atoms with van der Waals surface area (Å²) in [5.74, 6) is 0. The molecular formula is C35H70O4. The summed E-state index contributed by atoms with van der Waals surface area (Å²) in [5.41, 5.74) is -1.62. The Morgan fingerprint density at radius 3 is 0.487 bits per heavy atom. The summed E-state index contributed by atoms with van der Waals surface area (Å²) in [7, 11) is 0. The second kappa shape index (κ2) is 25.5. The molecule has 4 N–H and O–H groups in total. The van der Waals surface area contributed by atoms with Crippen molar-refractivity contribution in [3.8, 4) is 0 Å². The van der Waals surface area contributed by atoms with Gasteiger partial charge in [0.2, 0.25) is 0 Å². The second-order valence-electron chi connectivity index (χ2n) is 13.2. The highest BCUT2D eigenvalue weighted by Gasteiger charge is 2.49. The van der Waals surface area contributed by atoms with Gasteiger partial charge in [-0.15, -0.1) is 0 Å². The summed E-state index contributed by atoms with van der Waals surface area (Å²) in [6.07, 6.45) is 36.8. The molecule has 39 heavy (non-hydrogen) atoms. The largest absolute Gasteiger partial charge is 0.396 e. The molecule has 1 aliphatic carbocycles. The molecule has 0 spiro atoms. The SMILES string of the molecule is OCC1(CO)CCCCCCCCCCCCCCCCCCCCCCCCCCCCCC1(CO)CO. The van der Waals surface area contributed by atoms with Gasteiger partial charge in [-0.05, 0) is 12.8 Å². The van der Waals surface area contributed by atoms with Crippen molar-refractivity contribution in [2.75, 3.05) is 26.4 Å². The molecule has 0 radical (unpaired) electrons. The van der Waals surface area contributed by atoms with Crippen molar-refractivity contribution in [3.63, 3.8) is 0 Å². The zero-order valence-corrected chi connectivity index (χ0v) is 26.1. The van der Waals surface area contributed by atoms with Gasteiger partial charge in [0, 0.05) is 10.8 Å². The van der Waals surface area contributed by atoms with Crippen molar-refractivity contribution in [2.45, 2.75) is 186 Å². The molecule has 4 heteroatoms. The Balaban J connectivity index is 2.49. The van der Waals surface area contributed by atoms with E-state index in [1.54, 1.807) is 0 Å². The minimum Gasteiger partial charge on any atom is -0.396 e. The molecule has 0 aromatic heterocycles. The Morgan fingerprint density at radius 1 is 0.231 bits per heavy atom. The highest BCUT2D eigenvalue weighted by molar-refractivity contribution is 4.97. The van der Waals surface area contributed by atoms with E-state index in [-0.39, 0.29) is 26.4 Å². The maximum atomic E-state index is 10.4. The van der Waals surface area contributed by atoms with Crippen LogP contribution < -0.4 is 0 Å². The van der Waals surface area contributed by atoms with Gasteiger partial charge in [0.05, 0.1) is 26.4 Å². The highest BCUT2D eigenvalue weighted by atomic mass is 16.3. The Kier molecular flexibility index (Phi) is 24.1. The van der Waals surface area contributed by atoms with Gasteiger partial charge in [-0.3, -0.25) is 0 Å². The lowest BCUT2D eigenvalue weighted by Gasteiger charge is -2.47. The van der Waals surface area contributed by atoms with Gasteiger partial charge in [-0.2, -0.15) is 0 Å². The number of hydrogen-bond donors (Lipinski definition) is 4. The maximum Gasteiger partial charge on any atom is 0.0516 e. The van der Waals surface area contributed by atoms with E-state index < -0.39 is 10.8 Å². The van der Waals surface area contributed by atoms with Gasteiger partial charge in [0.25, 0.3) is 0 Å². The van der Waals surface area contributed by atoms with Gasteiger partial charge in [0.1, 0.15) is 0 Å². The number of hydrogen-bond acceptors (Lipinski definition) is 4. The van der Waals surface area contributed by atoms with E-state index in [0.717, 1.165) is 25.7 Å². The van der Waals surface area contributed by atoms with Crippen molar-refractivity contribution in [3.05, 3.63) is 0 Å². The summed E-state index contributed by atoms with van der Waals surface area (Å²) in [5, 5.41) is 41.5. The van der Waals surface area contributed by atoms with Gasteiger partial charge in [-0.25, -0.2) is 0 Å². The maximum absolute atomic E-state index is 10.4. The van der Waals surface area contributed by atoms with E-state index >= 15 is 0 Å². The third-order valence-corrected chi connectivity index (χ3v) is 10.1. The van der Waals surface area contributed by atoms with E-state index in [9.17, 15) is 20.4 Å². The predicted molar refractivity (Wildman–Crippen MR) is 167 cm³/mol. The summed E-state index contributed by atoms with van der Waals surface area (Å²) >= 11 is 0. The molecule has 1 saturated carbocycles. The Morgan fingerprint density at radius 2 is 0.359 bits per heavy atom. The molecule has 0 saturated heterocycles. The molecule has 1 fully saturated rings. The first-order chi connectivity index (χ1) is 19.2. The molecule has 1 rings (SSSR count). The van der Waals surface area contributed by atoms with E-state index in [1.807, 2.05) is 0 Å². The molecule has 234 valence electrons. The standard InChI is InChI=1S/C35H70O4/c36-30-34(31-37)28-26-24-22-20-18-16-14-12-10-8-6-4-2-1-3-5-7-9-11-13-15-17-19-21-23-25-27-29-35(34,32-38)33-39/h36-39H,1-33H2. The molecule has 0 amide bonds. The molecule has 0 aromatic rings. The summed E-state index contributed by atoms with van der Waals surface area (Å²) in [6.45, 7) is -0.704. The van der Waals surface area contributed by atoms with Gasteiger partial charge >= 0.3 is 0 Å². The van der Waals surface area contributed by atoms with Gasteiger partial charge < -0.3 is 20.4 Å². The first-order valence-corrected chi connectivity index (χ1v) is 17.6. The minimum absolute atomic E-state index is 0.176. The fourth-order valence-electron chi connectivity index (χ4n) is 6.96. The number of aliphatic hydroxyl groups is 4. The molecule has 4 nitrogen and oxygen atoms in total. The van der Waals surface area contributed by atoms with E-state index in [0.29, 0.717) is 12.8 Å².